The Morgan fingerprint density at radius 3 is 2.41 bits per heavy atom. The molecule has 0 bridgehead atoms. The van der Waals surface area contributed by atoms with E-state index in [-0.39, 0.29) is 6.61 Å². The van der Waals surface area contributed by atoms with Crippen molar-refractivity contribution >= 4 is 17.9 Å². The molecule has 1 N–H and O–H groups in total. The molecular weight excluding hydrogens is 224 g/mol. The van der Waals surface area contributed by atoms with Crippen molar-refractivity contribution in [3.8, 4) is 0 Å². The van der Waals surface area contributed by atoms with Crippen molar-refractivity contribution in [2.24, 2.45) is 5.92 Å². The van der Waals surface area contributed by atoms with Crippen LogP contribution >= 0.6 is 0 Å². The molecule has 0 aromatic heterocycles. The summed E-state index contributed by atoms with van der Waals surface area (Å²) in [5, 5.41) is 2.56. The summed E-state index contributed by atoms with van der Waals surface area (Å²) in [4.78, 5) is 36.2. The lowest BCUT2D eigenvalue weighted by atomic mass is 9.83. The quantitative estimate of drug-likeness (QED) is 0.576. The molecule has 3 amide bonds. The summed E-state index contributed by atoms with van der Waals surface area (Å²) in [5.74, 6) is -1.52. The number of nitrogens with zero attached hydrogens (tertiary/aromatic N) is 1. The predicted octanol–water partition coefficient (Wildman–Crippen LogP) is 0.516. The third kappa shape index (κ3) is 2.11. The molecule has 2 unspecified atom stereocenters. The average Bonchev–Trinajstić information content (AvgIpc) is 2.45. The zero-order valence-corrected chi connectivity index (χ0v) is 10.6. The first-order chi connectivity index (χ1) is 7.88. The number of ether oxygens (including phenoxy) is 1. The van der Waals surface area contributed by atoms with Crippen LogP contribution in [0.1, 0.15) is 27.2 Å². The molecule has 1 aliphatic rings. The van der Waals surface area contributed by atoms with Crippen LogP contribution in [-0.4, -0.2) is 42.0 Å². The first-order valence-electron chi connectivity index (χ1n) is 5.65. The van der Waals surface area contributed by atoms with Gasteiger partial charge in [0.05, 0.1) is 12.5 Å². The van der Waals surface area contributed by atoms with Gasteiger partial charge in [0.2, 0.25) is 0 Å². The normalized spacial score (nSPS) is 25.8. The highest BCUT2D eigenvalue weighted by Crippen LogP contribution is 2.28. The summed E-state index contributed by atoms with van der Waals surface area (Å²) in [6, 6.07) is -0.486. The van der Waals surface area contributed by atoms with Crippen molar-refractivity contribution in [3.63, 3.8) is 0 Å². The lowest BCUT2D eigenvalue weighted by Crippen LogP contribution is -2.53. The van der Waals surface area contributed by atoms with Gasteiger partial charge in [0, 0.05) is 7.05 Å². The molecule has 1 heterocycles. The van der Waals surface area contributed by atoms with Gasteiger partial charge in [-0.3, -0.25) is 14.5 Å². The lowest BCUT2D eigenvalue weighted by Gasteiger charge is -2.28. The van der Waals surface area contributed by atoms with Crippen LogP contribution in [-0.2, 0) is 14.3 Å². The summed E-state index contributed by atoms with van der Waals surface area (Å²) in [6.07, 6.45) is 0.426. The first kappa shape index (κ1) is 13.5. The Hall–Kier alpha value is -1.59. The Kier molecular flexibility index (Phi) is 3.75. The van der Waals surface area contributed by atoms with E-state index in [1.54, 1.807) is 20.8 Å². The molecule has 1 rings (SSSR count). The molecule has 6 heteroatoms. The van der Waals surface area contributed by atoms with Gasteiger partial charge in [-0.2, -0.15) is 0 Å². The van der Waals surface area contributed by atoms with Gasteiger partial charge in [-0.15, -0.1) is 0 Å². The summed E-state index contributed by atoms with van der Waals surface area (Å²) >= 11 is 0. The van der Waals surface area contributed by atoms with Crippen LogP contribution in [0.3, 0.4) is 0 Å². The smallest absolute Gasteiger partial charge is 0.324 e. The molecule has 17 heavy (non-hydrogen) atoms. The van der Waals surface area contributed by atoms with E-state index in [1.165, 1.54) is 7.05 Å². The minimum Gasteiger partial charge on any atom is -0.466 e. The number of imide groups is 1. The second-order valence-electron chi connectivity index (χ2n) is 4.21. The van der Waals surface area contributed by atoms with Crippen molar-refractivity contribution in [3.05, 3.63) is 0 Å². The van der Waals surface area contributed by atoms with Gasteiger partial charge in [0.1, 0.15) is 5.54 Å². The number of rotatable bonds is 4. The van der Waals surface area contributed by atoms with E-state index >= 15 is 0 Å². The third-order valence-electron chi connectivity index (χ3n) is 3.10. The fraction of sp³-hybridized carbons (Fsp3) is 0.727. The zero-order chi connectivity index (χ0) is 13.2. The van der Waals surface area contributed by atoms with Crippen LogP contribution in [0.4, 0.5) is 4.79 Å². The van der Waals surface area contributed by atoms with Crippen molar-refractivity contribution in [2.45, 2.75) is 32.7 Å². The van der Waals surface area contributed by atoms with Crippen LogP contribution in [0.25, 0.3) is 0 Å². The van der Waals surface area contributed by atoms with Gasteiger partial charge in [-0.1, -0.05) is 6.92 Å². The van der Waals surface area contributed by atoms with E-state index in [2.05, 4.69) is 5.32 Å². The second-order valence-corrected chi connectivity index (χ2v) is 4.21. The highest BCUT2D eigenvalue weighted by molar-refractivity contribution is 6.08. The van der Waals surface area contributed by atoms with Gasteiger partial charge in [0.25, 0.3) is 5.91 Å². The van der Waals surface area contributed by atoms with Gasteiger partial charge in [-0.05, 0) is 20.3 Å². The number of carbonyl (C=O) groups is 3. The minimum absolute atomic E-state index is 0.253. The van der Waals surface area contributed by atoms with Crippen molar-refractivity contribution in [1.29, 1.82) is 0 Å². The van der Waals surface area contributed by atoms with Crippen molar-refractivity contribution < 1.29 is 19.1 Å². The number of amides is 3. The van der Waals surface area contributed by atoms with E-state index in [9.17, 15) is 14.4 Å². The highest BCUT2D eigenvalue weighted by atomic mass is 16.5. The molecule has 6 nitrogen and oxygen atoms in total. The highest BCUT2D eigenvalue weighted by Gasteiger charge is 2.53. The fourth-order valence-electron chi connectivity index (χ4n) is 2.09. The average molecular weight is 242 g/mol. The molecule has 0 aromatic carbocycles. The van der Waals surface area contributed by atoms with Crippen LogP contribution < -0.4 is 5.32 Å². The molecule has 0 aliphatic carbocycles. The minimum atomic E-state index is -1.20. The number of carbonyl (C=O) groups excluding carboxylic acids is 3. The van der Waals surface area contributed by atoms with Gasteiger partial charge >= 0.3 is 12.0 Å². The molecule has 2 atom stereocenters. The predicted molar refractivity (Wildman–Crippen MR) is 60.1 cm³/mol. The Morgan fingerprint density at radius 1 is 1.47 bits per heavy atom. The fourth-order valence-corrected chi connectivity index (χ4v) is 2.09. The Bertz CT molecular complexity index is 355. The SMILES string of the molecule is CCOC(=O)C(CC)C1(C)NC(=O)N(C)C1=O. The number of hydrogen-bond acceptors (Lipinski definition) is 4. The molecule has 1 saturated heterocycles. The van der Waals surface area contributed by atoms with Gasteiger partial charge < -0.3 is 10.1 Å². The Labute approximate surface area is 100 Å². The van der Waals surface area contributed by atoms with Crippen molar-refractivity contribution in [1.82, 2.24) is 10.2 Å². The molecular formula is C11H18N2O4. The van der Waals surface area contributed by atoms with E-state index in [1.807, 2.05) is 0 Å². The standard InChI is InChI=1S/C11H18N2O4/c1-5-7(8(14)17-6-2)11(3)9(15)13(4)10(16)12-11/h7H,5-6H2,1-4H3,(H,12,16). The summed E-state index contributed by atoms with van der Waals surface area (Å²) in [5.41, 5.74) is -1.20. The molecule has 0 spiro atoms. The van der Waals surface area contributed by atoms with Crippen LogP contribution in [0.5, 0.6) is 0 Å². The van der Waals surface area contributed by atoms with Crippen molar-refractivity contribution in [2.75, 3.05) is 13.7 Å². The maximum absolute atomic E-state index is 12.0. The van der Waals surface area contributed by atoms with E-state index < -0.39 is 29.4 Å². The summed E-state index contributed by atoms with van der Waals surface area (Å²) in [7, 11) is 1.39. The number of likely N-dealkylation sites (N-methyl/N-ethyl adjacent to an activating group) is 1. The molecule has 1 aliphatic heterocycles. The third-order valence-corrected chi connectivity index (χ3v) is 3.10. The molecule has 0 saturated carbocycles. The van der Waals surface area contributed by atoms with Crippen LogP contribution in [0.2, 0.25) is 0 Å². The van der Waals surface area contributed by atoms with Gasteiger partial charge in [-0.25, -0.2) is 4.79 Å². The second kappa shape index (κ2) is 4.73. The molecule has 1 fully saturated rings. The number of esters is 1. The maximum atomic E-state index is 12.0. The summed E-state index contributed by atoms with van der Waals surface area (Å²) in [6.45, 7) is 5.30. The Morgan fingerprint density at radius 2 is 2.06 bits per heavy atom. The molecule has 0 aromatic rings. The van der Waals surface area contributed by atoms with Gasteiger partial charge in [0.15, 0.2) is 0 Å². The number of hydrogen-bond donors (Lipinski definition) is 1. The van der Waals surface area contributed by atoms with Crippen LogP contribution in [0, 0.1) is 5.92 Å². The van der Waals surface area contributed by atoms with E-state index in [0.29, 0.717) is 6.42 Å². The lowest BCUT2D eigenvalue weighted by molar-refractivity contribution is -0.154. The summed E-state index contributed by atoms with van der Waals surface area (Å²) < 4.78 is 4.93. The molecule has 0 radical (unpaired) electrons. The number of nitrogens with one attached hydrogen (secondary N) is 1. The number of urea groups is 1. The largest absolute Gasteiger partial charge is 0.466 e. The first-order valence-corrected chi connectivity index (χ1v) is 5.65. The van der Waals surface area contributed by atoms with Crippen LogP contribution in [0.15, 0.2) is 0 Å². The maximum Gasteiger partial charge on any atom is 0.324 e. The van der Waals surface area contributed by atoms with E-state index in [0.717, 1.165) is 4.90 Å². The van der Waals surface area contributed by atoms with E-state index in [4.69, 9.17) is 4.74 Å². The Balaban J connectivity index is 2.99. The zero-order valence-electron chi connectivity index (χ0n) is 10.6. The monoisotopic (exact) mass is 242 g/mol. The molecule has 96 valence electrons. The topological polar surface area (TPSA) is 75.7 Å².